The molecule has 0 fully saturated rings. The number of nitro benzene ring substituents is 1. The lowest BCUT2D eigenvalue weighted by atomic mass is 10.2. The van der Waals surface area contributed by atoms with Crippen LogP contribution in [0.3, 0.4) is 0 Å². The molecule has 0 spiro atoms. The number of aliphatic carboxylic acids is 1. The number of carboxylic acids is 1. The summed E-state index contributed by atoms with van der Waals surface area (Å²) in [5.41, 5.74) is -0.430. The number of ether oxygens (including phenoxy) is 1. The fourth-order valence-corrected chi connectivity index (χ4v) is 1.59. The van der Waals surface area contributed by atoms with Gasteiger partial charge < -0.3 is 9.84 Å². The van der Waals surface area contributed by atoms with Gasteiger partial charge in [0.25, 0.3) is 0 Å². The molecule has 1 aromatic carbocycles. The fourth-order valence-electron chi connectivity index (χ4n) is 1.26. The summed E-state index contributed by atoms with van der Waals surface area (Å²) in [7, 11) is 0. The highest BCUT2D eigenvalue weighted by Crippen LogP contribution is 2.33. The molecule has 6 nitrogen and oxygen atoms in total. The quantitative estimate of drug-likeness (QED) is 0.665. The molecule has 1 aromatic rings. The van der Waals surface area contributed by atoms with Gasteiger partial charge in [0.2, 0.25) is 0 Å². The van der Waals surface area contributed by atoms with Gasteiger partial charge in [-0.15, -0.1) is 0 Å². The molecule has 0 aliphatic carbocycles. The van der Waals surface area contributed by atoms with Crippen LogP contribution < -0.4 is 4.74 Å². The van der Waals surface area contributed by atoms with Crippen molar-refractivity contribution in [2.45, 2.75) is 19.4 Å². The van der Waals surface area contributed by atoms with Crippen LogP contribution in [0.15, 0.2) is 16.6 Å². The van der Waals surface area contributed by atoms with Crippen LogP contribution in [0.4, 0.5) is 10.1 Å². The lowest BCUT2D eigenvalue weighted by Crippen LogP contribution is -2.17. The number of halogens is 2. The minimum absolute atomic E-state index is 0.0626. The smallest absolute Gasteiger partial charge is 0.312 e. The summed E-state index contributed by atoms with van der Waals surface area (Å²) in [5, 5.41) is 19.3. The third-order valence-electron chi connectivity index (χ3n) is 1.99. The van der Waals surface area contributed by atoms with Gasteiger partial charge in [-0.3, -0.25) is 14.9 Å². The second-order valence-corrected chi connectivity index (χ2v) is 4.37. The zero-order valence-corrected chi connectivity index (χ0v) is 10.8. The molecule has 98 valence electrons. The van der Waals surface area contributed by atoms with Gasteiger partial charge in [-0.1, -0.05) is 0 Å². The summed E-state index contributed by atoms with van der Waals surface area (Å²) in [4.78, 5) is 20.5. The molecule has 0 saturated carbocycles. The molecule has 0 amide bonds. The monoisotopic (exact) mass is 321 g/mol. The highest BCUT2D eigenvalue weighted by Gasteiger charge is 2.21. The van der Waals surface area contributed by atoms with E-state index in [2.05, 4.69) is 15.9 Å². The maximum atomic E-state index is 13.3. The van der Waals surface area contributed by atoms with Gasteiger partial charge in [-0.25, -0.2) is 4.39 Å². The predicted molar refractivity (Wildman–Crippen MR) is 63.1 cm³/mol. The number of hydrogen-bond acceptors (Lipinski definition) is 4. The summed E-state index contributed by atoms with van der Waals surface area (Å²) in [6.45, 7) is 1.43. The van der Waals surface area contributed by atoms with Crippen molar-refractivity contribution < 1.29 is 24.0 Å². The van der Waals surface area contributed by atoms with Crippen LogP contribution in [0.5, 0.6) is 5.75 Å². The molecular formula is C10H9BrFNO5. The topological polar surface area (TPSA) is 89.7 Å². The summed E-state index contributed by atoms with van der Waals surface area (Å²) in [6.07, 6.45) is -1.14. The zero-order chi connectivity index (χ0) is 13.9. The molecule has 0 heterocycles. The standard InChI is InChI=1S/C10H9BrFNO5/c1-5(2-10(14)15)18-9-4-7(12)6(11)3-8(9)13(16)17/h3-5H,2H2,1H3,(H,14,15)/t5-/m0/s1. The molecule has 0 aliphatic rings. The normalized spacial score (nSPS) is 11.9. The Balaban J connectivity index is 3.03. The number of nitro groups is 1. The maximum absolute atomic E-state index is 13.3. The van der Waals surface area contributed by atoms with Crippen molar-refractivity contribution in [1.82, 2.24) is 0 Å². The van der Waals surface area contributed by atoms with Gasteiger partial charge in [-0.2, -0.15) is 0 Å². The molecule has 1 N–H and O–H groups in total. The first kappa shape index (κ1) is 14.4. The molecule has 18 heavy (non-hydrogen) atoms. The second-order valence-electron chi connectivity index (χ2n) is 3.52. The van der Waals surface area contributed by atoms with Gasteiger partial charge in [0.1, 0.15) is 11.9 Å². The van der Waals surface area contributed by atoms with E-state index in [9.17, 15) is 19.3 Å². The summed E-state index contributed by atoms with van der Waals surface area (Å²) >= 11 is 2.83. The largest absolute Gasteiger partial charge is 0.483 e. The van der Waals surface area contributed by atoms with Crippen molar-refractivity contribution in [3.05, 3.63) is 32.5 Å². The number of rotatable bonds is 5. The molecule has 0 radical (unpaired) electrons. The van der Waals surface area contributed by atoms with Crippen LogP contribution in [-0.4, -0.2) is 22.1 Å². The highest BCUT2D eigenvalue weighted by molar-refractivity contribution is 9.10. The Hall–Kier alpha value is -1.70. The molecule has 0 saturated heterocycles. The van der Waals surface area contributed by atoms with Crippen LogP contribution >= 0.6 is 15.9 Å². The van der Waals surface area contributed by atoms with E-state index < -0.39 is 28.5 Å². The van der Waals surface area contributed by atoms with Gasteiger partial charge in [0.05, 0.1) is 15.8 Å². The van der Waals surface area contributed by atoms with E-state index in [1.807, 2.05) is 0 Å². The number of benzene rings is 1. The highest BCUT2D eigenvalue weighted by atomic mass is 79.9. The van der Waals surface area contributed by atoms with Crippen molar-refractivity contribution in [3.8, 4) is 5.75 Å². The fraction of sp³-hybridized carbons (Fsp3) is 0.300. The molecule has 0 unspecified atom stereocenters. The lowest BCUT2D eigenvalue weighted by molar-refractivity contribution is -0.386. The van der Waals surface area contributed by atoms with Crippen molar-refractivity contribution in [1.29, 1.82) is 0 Å². The van der Waals surface area contributed by atoms with Crippen LogP contribution in [0.2, 0.25) is 0 Å². The van der Waals surface area contributed by atoms with Crippen molar-refractivity contribution in [2.24, 2.45) is 0 Å². The summed E-state index contributed by atoms with van der Waals surface area (Å²) in [6, 6.07) is 1.82. The Morgan fingerprint density at radius 1 is 1.67 bits per heavy atom. The van der Waals surface area contributed by atoms with Crippen LogP contribution in [0, 0.1) is 15.9 Å². The Morgan fingerprint density at radius 3 is 2.78 bits per heavy atom. The SMILES string of the molecule is C[C@@H](CC(=O)O)Oc1cc(F)c(Br)cc1[N+](=O)[O-]. The van der Waals surface area contributed by atoms with E-state index in [-0.39, 0.29) is 16.6 Å². The molecular weight excluding hydrogens is 313 g/mol. The van der Waals surface area contributed by atoms with E-state index in [0.29, 0.717) is 0 Å². The van der Waals surface area contributed by atoms with Crippen LogP contribution in [0.1, 0.15) is 13.3 Å². The van der Waals surface area contributed by atoms with Crippen molar-refractivity contribution in [3.63, 3.8) is 0 Å². The molecule has 0 bridgehead atoms. The average Bonchev–Trinajstić information content (AvgIpc) is 2.21. The Kier molecular flexibility index (Phi) is 4.60. The van der Waals surface area contributed by atoms with Gasteiger partial charge >= 0.3 is 11.7 Å². The average molecular weight is 322 g/mol. The third kappa shape index (κ3) is 3.66. The first-order valence-electron chi connectivity index (χ1n) is 4.83. The van der Waals surface area contributed by atoms with E-state index in [1.54, 1.807) is 0 Å². The summed E-state index contributed by atoms with van der Waals surface area (Å²) < 4.78 is 18.3. The Morgan fingerprint density at radius 2 is 2.28 bits per heavy atom. The number of hydrogen-bond donors (Lipinski definition) is 1. The predicted octanol–water partition coefficient (Wildman–Crippen LogP) is 2.74. The molecule has 0 aromatic heterocycles. The van der Waals surface area contributed by atoms with Crippen molar-refractivity contribution >= 4 is 27.6 Å². The van der Waals surface area contributed by atoms with Gasteiger partial charge in [0.15, 0.2) is 5.75 Å². The molecule has 1 rings (SSSR count). The number of carbonyl (C=O) groups is 1. The van der Waals surface area contributed by atoms with Crippen LogP contribution in [0.25, 0.3) is 0 Å². The number of carboxylic acid groups (broad SMARTS) is 1. The second kappa shape index (κ2) is 5.76. The molecule has 1 atom stereocenters. The lowest BCUT2D eigenvalue weighted by Gasteiger charge is -2.13. The van der Waals surface area contributed by atoms with E-state index in [4.69, 9.17) is 9.84 Å². The minimum Gasteiger partial charge on any atom is -0.483 e. The van der Waals surface area contributed by atoms with Crippen LogP contribution in [-0.2, 0) is 4.79 Å². The minimum atomic E-state index is -1.11. The first-order chi connectivity index (χ1) is 8.31. The Labute approximate surface area is 110 Å². The van der Waals surface area contributed by atoms with E-state index >= 15 is 0 Å². The zero-order valence-electron chi connectivity index (χ0n) is 9.22. The summed E-state index contributed by atoms with van der Waals surface area (Å²) in [5.74, 6) is -2.13. The van der Waals surface area contributed by atoms with Crippen molar-refractivity contribution in [2.75, 3.05) is 0 Å². The molecule has 8 heteroatoms. The van der Waals surface area contributed by atoms with Gasteiger partial charge in [0, 0.05) is 12.1 Å². The van der Waals surface area contributed by atoms with Gasteiger partial charge in [-0.05, 0) is 22.9 Å². The third-order valence-corrected chi connectivity index (χ3v) is 2.60. The maximum Gasteiger partial charge on any atom is 0.312 e. The number of nitrogens with zero attached hydrogens (tertiary/aromatic N) is 1. The first-order valence-corrected chi connectivity index (χ1v) is 5.62. The molecule has 0 aliphatic heterocycles. The van der Waals surface area contributed by atoms with E-state index in [1.165, 1.54) is 6.92 Å². The van der Waals surface area contributed by atoms with E-state index in [0.717, 1.165) is 12.1 Å². The Bertz CT molecular complexity index is 493.